The van der Waals surface area contributed by atoms with E-state index in [2.05, 4.69) is 12.1 Å². The summed E-state index contributed by atoms with van der Waals surface area (Å²) in [6, 6.07) is 16.5. The average Bonchev–Trinajstić information content (AvgIpc) is 2.80. The SMILES string of the molecule is COc1ccc(S(=O)(=O)CCCC(=O)N2CCC(COCc3ccccc3)CC2)cc1. The summed E-state index contributed by atoms with van der Waals surface area (Å²) in [5.41, 5.74) is 1.17. The maximum atomic E-state index is 12.5. The molecule has 0 aliphatic carbocycles. The maximum absolute atomic E-state index is 12.5. The van der Waals surface area contributed by atoms with Gasteiger partial charge in [-0.05, 0) is 55.0 Å². The van der Waals surface area contributed by atoms with E-state index in [0.717, 1.165) is 12.8 Å². The molecule has 31 heavy (non-hydrogen) atoms. The van der Waals surface area contributed by atoms with Crippen molar-refractivity contribution in [3.8, 4) is 5.75 Å². The lowest BCUT2D eigenvalue weighted by Gasteiger charge is -2.32. The smallest absolute Gasteiger partial charge is 0.222 e. The predicted octanol–water partition coefficient (Wildman–Crippen LogP) is 3.70. The average molecular weight is 446 g/mol. The van der Waals surface area contributed by atoms with Crippen LogP contribution in [-0.4, -0.2) is 51.8 Å². The van der Waals surface area contributed by atoms with Gasteiger partial charge in [0.2, 0.25) is 5.91 Å². The van der Waals surface area contributed by atoms with Crippen molar-refractivity contribution in [2.75, 3.05) is 32.6 Å². The monoisotopic (exact) mass is 445 g/mol. The van der Waals surface area contributed by atoms with Crippen LogP contribution >= 0.6 is 0 Å². The molecule has 1 aliphatic rings. The first-order chi connectivity index (χ1) is 15.0. The molecule has 1 aliphatic heterocycles. The second-order valence-corrected chi connectivity index (χ2v) is 10.0. The van der Waals surface area contributed by atoms with Crippen molar-refractivity contribution in [2.24, 2.45) is 5.92 Å². The number of ether oxygens (including phenoxy) is 2. The third-order valence-corrected chi connectivity index (χ3v) is 7.47. The lowest BCUT2D eigenvalue weighted by molar-refractivity contribution is -0.132. The number of likely N-dealkylation sites (tertiary alicyclic amines) is 1. The largest absolute Gasteiger partial charge is 0.497 e. The number of hydrogen-bond donors (Lipinski definition) is 0. The minimum absolute atomic E-state index is 0.0329. The van der Waals surface area contributed by atoms with Crippen molar-refractivity contribution in [3.05, 3.63) is 60.2 Å². The van der Waals surface area contributed by atoms with E-state index in [1.54, 1.807) is 24.3 Å². The third-order valence-electron chi connectivity index (χ3n) is 5.65. The number of carbonyl (C=O) groups is 1. The van der Waals surface area contributed by atoms with Gasteiger partial charge in [0.25, 0.3) is 0 Å². The van der Waals surface area contributed by atoms with Gasteiger partial charge in [-0.25, -0.2) is 8.42 Å². The van der Waals surface area contributed by atoms with Crippen molar-refractivity contribution < 1.29 is 22.7 Å². The highest BCUT2D eigenvalue weighted by molar-refractivity contribution is 7.91. The molecule has 168 valence electrons. The number of piperidine rings is 1. The fraction of sp³-hybridized carbons (Fsp3) is 0.458. The summed E-state index contributed by atoms with van der Waals surface area (Å²) in [6.07, 6.45) is 2.42. The highest BCUT2D eigenvalue weighted by atomic mass is 32.2. The molecule has 0 saturated carbocycles. The number of methoxy groups -OCH3 is 1. The Morgan fingerprint density at radius 3 is 2.35 bits per heavy atom. The van der Waals surface area contributed by atoms with Crippen molar-refractivity contribution in [3.63, 3.8) is 0 Å². The van der Waals surface area contributed by atoms with E-state index in [9.17, 15) is 13.2 Å². The van der Waals surface area contributed by atoms with E-state index >= 15 is 0 Å². The van der Waals surface area contributed by atoms with Crippen LogP contribution in [0.3, 0.4) is 0 Å². The van der Waals surface area contributed by atoms with E-state index < -0.39 is 9.84 Å². The van der Waals surface area contributed by atoms with Crippen LogP contribution in [0.5, 0.6) is 5.75 Å². The Balaban J connectivity index is 1.35. The second-order valence-electron chi connectivity index (χ2n) is 7.92. The first-order valence-corrected chi connectivity index (χ1v) is 12.4. The van der Waals surface area contributed by atoms with E-state index in [-0.39, 0.29) is 23.0 Å². The molecule has 0 N–H and O–H groups in total. The first kappa shape index (κ1) is 23.3. The number of sulfone groups is 1. The molecule has 0 bridgehead atoms. The fourth-order valence-electron chi connectivity index (χ4n) is 3.74. The van der Waals surface area contributed by atoms with Crippen LogP contribution < -0.4 is 4.74 Å². The zero-order valence-corrected chi connectivity index (χ0v) is 18.9. The molecule has 0 spiro atoms. The number of amides is 1. The fourth-order valence-corrected chi connectivity index (χ4v) is 5.05. The zero-order chi connectivity index (χ0) is 22.1. The summed E-state index contributed by atoms with van der Waals surface area (Å²) < 4.78 is 35.8. The Kier molecular flexibility index (Phi) is 8.49. The van der Waals surface area contributed by atoms with Crippen LogP contribution in [0.1, 0.15) is 31.2 Å². The van der Waals surface area contributed by atoms with Crippen LogP contribution in [-0.2, 0) is 26.0 Å². The molecule has 1 heterocycles. The van der Waals surface area contributed by atoms with Gasteiger partial charge in [0, 0.05) is 26.1 Å². The highest BCUT2D eigenvalue weighted by Crippen LogP contribution is 2.20. The zero-order valence-electron chi connectivity index (χ0n) is 18.0. The van der Waals surface area contributed by atoms with Gasteiger partial charge in [0.05, 0.1) is 24.4 Å². The van der Waals surface area contributed by atoms with Crippen LogP contribution in [0.15, 0.2) is 59.5 Å². The van der Waals surface area contributed by atoms with E-state index in [4.69, 9.17) is 9.47 Å². The van der Waals surface area contributed by atoms with Gasteiger partial charge in [-0.15, -0.1) is 0 Å². The van der Waals surface area contributed by atoms with Crippen LogP contribution in [0.4, 0.5) is 0 Å². The van der Waals surface area contributed by atoms with Crippen LogP contribution in [0, 0.1) is 5.92 Å². The Morgan fingerprint density at radius 1 is 1.03 bits per heavy atom. The van der Waals surface area contributed by atoms with Gasteiger partial charge in [0.1, 0.15) is 5.75 Å². The molecular formula is C24H31NO5S. The van der Waals surface area contributed by atoms with Gasteiger partial charge in [-0.2, -0.15) is 0 Å². The Morgan fingerprint density at radius 2 is 1.71 bits per heavy atom. The molecule has 0 aromatic heterocycles. The Labute approximate surface area is 185 Å². The first-order valence-electron chi connectivity index (χ1n) is 10.7. The molecular weight excluding hydrogens is 414 g/mol. The summed E-state index contributed by atoms with van der Waals surface area (Å²) in [5.74, 6) is 1.08. The van der Waals surface area contributed by atoms with Gasteiger partial charge in [-0.3, -0.25) is 4.79 Å². The highest BCUT2D eigenvalue weighted by Gasteiger charge is 2.23. The topological polar surface area (TPSA) is 72.9 Å². The molecule has 1 saturated heterocycles. The normalized spacial score (nSPS) is 15.1. The molecule has 2 aromatic rings. The van der Waals surface area contributed by atoms with Gasteiger partial charge >= 0.3 is 0 Å². The predicted molar refractivity (Wildman–Crippen MR) is 120 cm³/mol. The molecule has 6 nitrogen and oxygen atoms in total. The van der Waals surface area contributed by atoms with E-state index in [1.807, 2.05) is 23.1 Å². The van der Waals surface area contributed by atoms with Crippen molar-refractivity contribution in [2.45, 2.75) is 37.2 Å². The van der Waals surface area contributed by atoms with Crippen molar-refractivity contribution in [1.82, 2.24) is 4.90 Å². The van der Waals surface area contributed by atoms with Gasteiger partial charge in [0.15, 0.2) is 9.84 Å². The second kappa shape index (κ2) is 11.3. The summed E-state index contributed by atoms with van der Waals surface area (Å²) in [5, 5.41) is 0. The van der Waals surface area contributed by atoms with E-state index in [0.29, 0.717) is 44.4 Å². The van der Waals surface area contributed by atoms with Crippen molar-refractivity contribution in [1.29, 1.82) is 0 Å². The molecule has 0 atom stereocenters. The summed E-state index contributed by atoms with van der Waals surface area (Å²) in [4.78, 5) is 14.6. The maximum Gasteiger partial charge on any atom is 0.222 e. The lowest BCUT2D eigenvalue weighted by Crippen LogP contribution is -2.39. The summed E-state index contributed by atoms with van der Waals surface area (Å²) in [6.45, 7) is 2.74. The molecule has 2 aromatic carbocycles. The number of hydrogen-bond acceptors (Lipinski definition) is 5. The third kappa shape index (κ3) is 7.08. The minimum atomic E-state index is -3.40. The minimum Gasteiger partial charge on any atom is -0.497 e. The number of carbonyl (C=O) groups excluding carboxylic acids is 1. The quantitative estimate of drug-likeness (QED) is 0.558. The summed E-state index contributed by atoms with van der Waals surface area (Å²) in [7, 11) is -1.86. The molecule has 1 amide bonds. The van der Waals surface area contributed by atoms with Gasteiger partial charge < -0.3 is 14.4 Å². The molecule has 0 radical (unpaired) electrons. The number of benzene rings is 2. The van der Waals surface area contributed by atoms with Crippen LogP contribution in [0.25, 0.3) is 0 Å². The molecule has 7 heteroatoms. The number of nitrogens with zero attached hydrogens (tertiary/aromatic N) is 1. The molecule has 0 unspecified atom stereocenters. The van der Waals surface area contributed by atoms with Crippen molar-refractivity contribution >= 4 is 15.7 Å². The number of rotatable bonds is 10. The molecule has 3 rings (SSSR count). The Hall–Kier alpha value is -2.38. The summed E-state index contributed by atoms with van der Waals surface area (Å²) >= 11 is 0. The Bertz CT molecular complexity index is 920. The van der Waals surface area contributed by atoms with E-state index in [1.165, 1.54) is 12.7 Å². The van der Waals surface area contributed by atoms with Crippen LogP contribution in [0.2, 0.25) is 0 Å². The standard InChI is InChI=1S/C24H31NO5S/c1-29-22-9-11-23(12-10-22)31(27,28)17-5-8-24(26)25-15-13-21(14-16-25)19-30-18-20-6-3-2-4-7-20/h2-4,6-7,9-12,21H,5,8,13-19H2,1H3. The molecule has 1 fully saturated rings. The van der Waals surface area contributed by atoms with Gasteiger partial charge in [-0.1, -0.05) is 30.3 Å². The lowest BCUT2D eigenvalue weighted by atomic mass is 9.97.